The van der Waals surface area contributed by atoms with Crippen molar-refractivity contribution in [2.45, 2.75) is 30.3 Å². The van der Waals surface area contributed by atoms with E-state index < -0.39 is 10.0 Å². The number of sulfonamides is 1. The first-order chi connectivity index (χ1) is 13.5. The molecule has 28 heavy (non-hydrogen) atoms. The molecule has 148 valence electrons. The Kier molecular flexibility index (Phi) is 5.37. The van der Waals surface area contributed by atoms with Crippen molar-refractivity contribution >= 4 is 15.9 Å². The van der Waals surface area contributed by atoms with E-state index in [9.17, 15) is 13.2 Å². The van der Waals surface area contributed by atoms with Crippen molar-refractivity contribution in [3.8, 4) is 5.75 Å². The minimum absolute atomic E-state index is 0.0749. The van der Waals surface area contributed by atoms with Gasteiger partial charge in [0.1, 0.15) is 11.9 Å². The Hall–Kier alpha value is -2.38. The lowest BCUT2D eigenvalue weighted by atomic mass is 9.98. The highest BCUT2D eigenvalue weighted by Crippen LogP contribution is 2.28. The van der Waals surface area contributed by atoms with Crippen LogP contribution < -0.4 is 10.1 Å². The number of piperidine rings is 1. The molecule has 0 spiro atoms. The summed E-state index contributed by atoms with van der Waals surface area (Å²) in [7, 11) is -3.57. The third-order valence-electron chi connectivity index (χ3n) is 5.35. The molecule has 2 aliphatic heterocycles. The molecule has 4 rings (SSSR count). The van der Waals surface area contributed by atoms with Gasteiger partial charge in [-0.3, -0.25) is 4.79 Å². The van der Waals surface area contributed by atoms with Crippen molar-refractivity contribution in [1.82, 2.24) is 9.62 Å². The van der Waals surface area contributed by atoms with Crippen molar-refractivity contribution in [2.24, 2.45) is 5.92 Å². The molecule has 2 atom stereocenters. The molecule has 1 saturated heterocycles. The van der Waals surface area contributed by atoms with Crippen molar-refractivity contribution in [3.63, 3.8) is 0 Å². The summed E-state index contributed by atoms with van der Waals surface area (Å²) in [5.41, 5.74) is 1.15. The molecule has 1 fully saturated rings. The van der Waals surface area contributed by atoms with Gasteiger partial charge in [-0.05, 0) is 36.6 Å². The Balaban J connectivity index is 1.34. The highest BCUT2D eigenvalue weighted by Gasteiger charge is 2.33. The number of nitrogens with zero attached hydrogens (tertiary/aromatic N) is 1. The van der Waals surface area contributed by atoms with Gasteiger partial charge in [-0.15, -0.1) is 0 Å². The second kappa shape index (κ2) is 7.93. The second-order valence-corrected chi connectivity index (χ2v) is 9.25. The number of benzene rings is 2. The van der Waals surface area contributed by atoms with E-state index in [4.69, 9.17) is 4.74 Å². The number of carbonyl (C=O) groups is 1. The van der Waals surface area contributed by atoms with Gasteiger partial charge in [0.05, 0.1) is 17.4 Å². The fourth-order valence-electron chi connectivity index (χ4n) is 3.84. The zero-order valence-corrected chi connectivity index (χ0v) is 16.4. The van der Waals surface area contributed by atoms with E-state index in [1.54, 1.807) is 30.3 Å². The average molecular weight is 401 g/mol. The van der Waals surface area contributed by atoms with Crippen LogP contribution in [0.5, 0.6) is 5.75 Å². The molecule has 0 radical (unpaired) electrons. The monoisotopic (exact) mass is 400 g/mol. The molecular formula is C21H24N2O4S. The summed E-state index contributed by atoms with van der Waals surface area (Å²) in [5.74, 6) is 0.433. The van der Waals surface area contributed by atoms with Gasteiger partial charge in [0.15, 0.2) is 0 Å². The average Bonchev–Trinajstić information content (AvgIpc) is 3.16. The first-order valence-electron chi connectivity index (χ1n) is 9.61. The molecule has 2 heterocycles. The number of nitrogens with one attached hydrogen (secondary N) is 1. The van der Waals surface area contributed by atoms with Gasteiger partial charge in [-0.1, -0.05) is 36.4 Å². The van der Waals surface area contributed by atoms with E-state index in [1.165, 1.54) is 4.31 Å². The van der Waals surface area contributed by atoms with Crippen LogP contribution in [0.15, 0.2) is 59.5 Å². The van der Waals surface area contributed by atoms with Crippen LogP contribution in [0, 0.1) is 5.92 Å². The SMILES string of the molecule is O=C(NCC1Cc2ccccc2O1)C1CCCN(S(=O)(=O)c2ccccc2)C1. The van der Waals surface area contributed by atoms with Gasteiger partial charge in [-0.2, -0.15) is 4.31 Å². The number of fused-ring (bicyclic) bond motifs is 1. The van der Waals surface area contributed by atoms with E-state index in [0.717, 1.165) is 17.7 Å². The van der Waals surface area contributed by atoms with Crippen molar-refractivity contribution in [2.75, 3.05) is 19.6 Å². The van der Waals surface area contributed by atoms with E-state index in [2.05, 4.69) is 5.32 Å². The lowest BCUT2D eigenvalue weighted by molar-refractivity contribution is -0.126. The van der Waals surface area contributed by atoms with Gasteiger partial charge in [-0.25, -0.2) is 8.42 Å². The number of amides is 1. The zero-order valence-electron chi connectivity index (χ0n) is 15.6. The molecule has 1 amide bonds. The van der Waals surface area contributed by atoms with Gasteiger partial charge < -0.3 is 10.1 Å². The molecule has 0 aliphatic carbocycles. The van der Waals surface area contributed by atoms with Crippen LogP contribution in [0.3, 0.4) is 0 Å². The standard InChI is InChI=1S/C21H24N2O4S/c24-21(22-14-18-13-16-7-4-5-11-20(16)27-18)17-8-6-12-23(15-17)28(25,26)19-9-2-1-3-10-19/h1-5,7,9-11,17-18H,6,8,12-15H2,(H,22,24). The van der Waals surface area contributed by atoms with Gasteiger partial charge in [0.25, 0.3) is 0 Å². The number of hydrogen-bond acceptors (Lipinski definition) is 4. The second-order valence-electron chi connectivity index (χ2n) is 7.31. The fourth-order valence-corrected chi connectivity index (χ4v) is 5.39. The Morgan fingerprint density at radius 3 is 2.64 bits per heavy atom. The molecular weight excluding hydrogens is 376 g/mol. The molecule has 1 N–H and O–H groups in total. The summed E-state index contributed by atoms with van der Waals surface area (Å²) in [6, 6.07) is 16.3. The smallest absolute Gasteiger partial charge is 0.243 e. The van der Waals surface area contributed by atoms with Crippen LogP contribution >= 0.6 is 0 Å². The van der Waals surface area contributed by atoms with Gasteiger partial charge in [0, 0.05) is 19.5 Å². The Morgan fingerprint density at radius 1 is 1.11 bits per heavy atom. The normalized spacial score (nSPS) is 22.3. The number of ether oxygens (including phenoxy) is 1. The fraction of sp³-hybridized carbons (Fsp3) is 0.381. The summed E-state index contributed by atoms with van der Waals surface area (Å²) in [6.07, 6.45) is 2.07. The molecule has 2 aromatic rings. The van der Waals surface area contributed by atoms with Crippen molar-refractivity contribution in [3.05, 3.63) is 60.2 Å². The minimum Gasteiger partial charge on any atom is -0.488 e. The number of carbonyl (C=O) groups excluding carboxylic acids is 1. The van der Waals surface area contributed by atoms with E-state index in [0.29, 0.717) is 25.9 Å². The quantitative estimate of drug-likeness (QED) is 0.835. The Labute approximate surface area is 165 Å². The summed E-state index contributed by atoms with van der Waals surface area (Å²) in [4.78, 5) is 12.9. The predicted molar refractivity (Wildman–Crippen MR) is 105 cm³/mol. The number of hydrogen-bond donors (Lipinski definition) is 1. The van der Waals surface area contributed by atoms with E-state index in [1.807, 2.05) is 24.3 Å². The lowest BCUT2D eigenvalue weighted by Gasteiger charge is -2.31. The first-order valence-corrected chi connectivity index (χ1v) is 11.1. The van der Waals surface area contributed by atoms with Gasteiger partial charge in [0.2, 0.25) is 15.9 Å². The molecule has 0 aromatic heterocycles. The third kappa shape index (κ3) is 3.91. The molecule has 6 nitrogen and oxygen atoms in total. The van der Waals surface area contributed by atoms with Crippen molar-refractivity contribution in [1.29, 1.82) is 0 Å². The first kappa shape index (κ1) is 19.0. The number of para-hydroxylation sites is 1. The molecule has 0 saturated carbocycles. The highest BCUT2D eigenvalue weighted by atomic mass is 32.2. The van der Waals surface area contributed by atoms with Crippen LogP contribution in [-0.4, -0.2) is 44.4 Å². The van der Waals surface area contributed by atoms with Crippen molar-refractivity contribution < 1.29 is 17.9 Å². The van der Waals surface area contributed by atoms with E-state index in [-0.39, 0.29) is 29.4 Å². The highest BCUT2D eigenvalue weighted by molar-refractivity contribution is 7.89. The minimum atomic E-state index is -3.57. The van der Waals surface area contributed by atoms with Crippen LogP contribution in [0.4, 0.5) is 0 Å². The molecule has 2 aromatic carbocycles. The Morgan fingerprint density at radius 2 is 1.86 bits per heavy atom. The maximum Gasteiger partial charge on any atom is 0.243 e. The molecule has 2 unspecified atom stereocenters. The van der Waals surface area contributed by atoms with Gasteiger partial charge >= 0.3 is 0 Å². The summed E-state index contributed by atoms with van der Waals surface area (Å²) in [6.45, 7) is 1.09. The largest absolute Gasteiger partial charge is 0.488 e. The maximum absolute atomic E-state index is 12.8. The zero-order chi connectivity index (χ0) is 19.6. The molecule has 2 aliphatic rings. The van der Waals surface area contributed by atoms with Crippen LogP contribution in [0.1, 0.15) is 18.4 Å². The van der Waals surface area contributed by atoms with Crippen LogP contribution in [-0.2, 0) is 21.2 Å². The summed E-state index contributed by atoms with van der Waals surface area (Å²) in [5, 5.41) is 2.96. The predicted octanol–water partition coefficient (Wildman–Crippen LogP) is 2.21. The Bertz CT molecular complexity index is 921. The summed E-state index contributed by atoms with van der Waals surface area (Å²) >= 11 is 0. The molecule has 7 heteroatoms. The maximum atomic E-state index is 12.8. The molecule has 0 bridgehead atoms. The van der Waals surface area contributed by atoms with Crippen LogP contribution in [0.25, 0.3) is 0 Å². The van der Waals surface area contributed by atoms with E-state index >= 15 is 0 Å². The lowest BCUT2D eigenvalue weighted by Crippen LogP contribution is -2.46. The summed E-state index contributed by atoms with van der Waals surface area (Å²) < 4.78 is 32.9. The topological polar surface area (TPSA) is 75.7 Å². The third-order valence-corrected chi connectivity index (χ3v) is 7.23. The number of rotatable bonds is 5. The van der Waals surface area contributed by atoms with Crippen LogP contribution in [0.2, 0.25) is 0 Å².